The molecule has 0 radical (unpaired) electrons. The summed E-state index contributed by atoms with van der Waals surface area (Å²) in [6.45, 7) is 0.663. The summed E-state index contributed by atoms with van der Waals surface area (Å²) in [4.78, 5) is 8.15. The first-order valence-electron chi connectivity index (χ1n) is 9.00. The van der Waals surface area contributed by atoms with Crippen molar-refractivity contribution in [2.75, 3.05) is 22.9 Å². The van der Waals surface area contributed by atoms with Gasteiger partial charge in [-0.25, -0.2) is 9.97 Å². The van der Waals surface area contributed by atoms with Crippen LogP contribution in [0.15, 0.2) is 36.2 Å². The summed E-state index contributed by atoms with van der Waals surface area (Å²) in [6, 6.07) is 3.03. The highest BCUT2D eigenvalue weighted by atomic mass is 35.5. The monoisotopic (exact) mass is 411 g/mol. The van der Waals surface area contributed by atoms with E-state index in [2.05, 4.69) is 26.7 Å². The van der Waals surface area contributed by atoms with Crippen molar-refractivity contribution in [1.82, 2.24) is 9.97 Å². The Hall–Kier alpha value is -2.48. The van der Waals surface area contributed by atoms with Gasteiger partial charge in [0.05, 0.1) is 16.3 Å². The number of nitrogen functional groups attached to an aromatic ring is 1. The molecule has 0 fully saturated rings. The van der Waals surface area contributed by atoms with E-state index in [1.165, 1.54) is 30.8 Å². The molecule has 28 heavy (non-hydrogen) atoms. The molecule has 0 saturated carbocycles. The van der Waals surface area contributed by atoms with Crippen molar-refractivity contribution in [1.29, 1.82) is 0 Å². The van der Waals surface area contributed by atoms with Crippen molar-refractivity contribution >= 4 is 34.6 Å². The number of aromatic nitrogens is 2. The fourth-order valence-corrected chi connectivity index (χ4v) is 3.20. The van der Waals surface area contributed by atoms with Gasteiger partial charge in [0.25, 0.3) is 0 Å². The first kappa shape index (κ1) is 20.3. The Balaban J connectivity index is 1.71. The van der Waals surface area contributed by atoms with Gasteiger partial charge in [-0.15, -0.1) is 0 Å². The van der Waals surface area contributed by atoms with Crippen LogP contribution in [0.2, 0.25) is 5.02 Å². The summed E-state index contributed by atoms with van der Waals surface area (Å²) in [5.41, 5.74) is 6.98. The highest BCUT2D eigenvalue weighted by Gasteiger charge is 2.31. The van der Waals surface area contributed by atoms with Crippen molar-refractivity contribution < 1.29 is 13.2 Å². The van der Waals surface area contributed by atoms with E-state index in [0.717, 1.165) is 31.4 Å². The molecule has 1 heterocycles. The number of rotatable bonds is 6. The number of anilines is 4. The van der Waals surface area contributed by atoms with Crippen LogP contribution < -0.4 is 16.4 Å². The van der Waals surface area contributed by atoms with Gasteiger partial charge in [0.15, 0.2) is 11.6 Å². The van der Waals surface area contributed by atoms with Crippen LogP contribution in [0.5, 0.6) is 0 Å². The molecule has 0 bridgehead atoms. The molecule has 1 aromatic heterocycles. The van der Waals surface area contributed by atoms with Crippen molar-refractivity contribution in [2.45, 2.75) is 38.3 Å². The van der Waals surface area contributed by atoms with Crippen LogP contribution in [0.4, 0.5) is 36.2 Å². The number of nitrogens with zero attached hydrogens (tertiary/aromatic N) is 2. The molecule has 2 aromatic rings. The number of alkyl halides is 3. The van der Waals surface area contributed by atoms with E-state index in [-0.39, 0.29) is 22.2 Å². The van der Waals surface area contributed by atoms with Crippen molar-refractivity contribution in [3.63, 3.8) is 0 Å². The minimum atomic E-state index is -4.47. The second-order valence-corrected chi connectivity index (χ2v) is 6.99. The fraction of sp³-hybridized carbons (Fsp3) is 0.368. The largest absolute Gasteiger partial charge is 0.416 e. The third-order valence-electron chi connectivity index (χ3n) is 4.55. The van der Waals surface area contributed by atoms with Crippen molar-refractivity contribution in [3.8, 4) is 0 Å². The molecule has 3 rings (SSSR count). The van der Waals surface area contributed by atoms with Crippen LogP contribution >= 0.6 is 11.6 Å². The Kier molecular flexibility index (Phi) is 6.28. The minimum absolute atomic E-state index is 0.0696. The van der Waals surface area contributed by atoms with Crippen LogP contribution in [0, 0.1) is 0 Å². The van der Waals surface area contributed by atoms with E-state index >= 15 is 0 Å². The Morgan fingerprint density at radius 2 is 1.93 bits per heavy atom. The lowest BCUT2D eigenvalue weighted by molar-refractivity contribution is -0.137. The Bertz CT molecular complexity index is 867. The summed E-state index contributed by atoms with van der Waals surface area (Å²) >= 11 is 6.02. The standard InChI is InChI=1S/C19H21ClF3N5/c20-14-7-6-13(19(21,22)23)10-15(14)28-18-16(24)17(26-11-27-18)25-9-8-12-4-2-1-3-5-12/h4,6-7,10-11H,1-3,5,8-9,24H2,(H2,25,26,27,28). The van der Waals surface area contributed by atoms with E-state index in [1.807, 2.05) is 0 Å². The van der Waals surface area contributed by atoms with Gasteiger partial charge in [0.1, 0.15) is 12.0 Å². The highest BCUT2D eigenvalue weighted by Crippen LogP contribution is 2.36. The molecule has 1 aliphatic carbocycles. The molecule has 0 spiro atoms. The molecule has 150 valence electrons. The number of nitrogens with two attached hydrogens (primary N) is 1. The molecule has 1 aliphatic rings. The topological polar surface area (TPSA) is 75.9 Å². The summed E-state index contributed by atoms with van der Waals surface area (Å²) in [5, 5.41) is 6.07. The average molecular weight is 412 g/mol. The van der Waals surface area contributed by atoms with Gasteiger partial charge in [-0.3, -0.25) is 0 Å². The van der Waals surface area contributed by atoms with Gasteiger partial charge < -0.3 is 16.4 Å². The quantitative estimate of drug-likeness (QED) is 0.525. The Labute approximate surface area is 166 Å². The fourth-order valence-electron chi connectivity index (χ4n) is 3.03. The summed E-state index contributed by atoms with van der Waals surface area (Å²) in [7, 11) is 0. The SMILES string of the molecule is Nc1c(NCCC2=CCCCC2)ncnc1Nc1cc(C(F)(F)F)ccc1Cl. The number of nitrogens with one attached hydrogen (secondary N) is 2. The van der Waals surface area contributed by atoms with Gasteiger partial charge in [-0.05, 0) is 50.3 Å². The molecule has 0 amide bonds. The summed E-state index contributed by atoms with van der Waals surface area (Å²) < 4.78 is 38.8. The normalized spacial score (nSPS) is 14.5. The molecule has 9 heteroatoms. The van der Waals surface area contributed by atoms with Crippen LogP contribution in [0.25, 0.3) is 0 Å². The van der Waals surface area contributed by atoms with Gasteiger partial charge in [0.2, 0.25) is 0 Å². The third-order valence-corrected chi connectivity index (χ3v) is 4.88. The van der Waals surface area contributed by atoms with Crippen LogP contribution in [-0.4, -0.2) is 16.5 Å². The van der Waals surface area contributed by atoms with E-state index in [1.54, 1.807) is 0 Å². The molecule has 5 nitrogen and oxygen atoms in total. The van der Waals surface area contributed by atoms with Crippen molar-refractivity contribution in [3.05, 3.63) is 46.8 Å². The number of allylic oxidation sites excluding steroid dienone is 1. The number of hydrogen-bond donors (Lipinski definition) is 3. The molecule has 0 aliphatic heterocycles. The van der Waals surface area contributed by atoms with Gasteiger partial charge in [0, 0.05) is 6.54 Å². The van der Waals surface area contributed by atoms with Gasteiger partial charge in [-0.2, -0.15) is 13.2 Å². The maximum absolute atomic E-state index is 12.9. The lowest BCUT2D eigenvalue weighted by atomic mass is 9.97. The molecule has 0 saturated heterocycles. The highest BCUT2D eigenvalue weighted by molar-refractivity contribution is 6.33. The van der Waals surface area contributed by atoms with Gasteiger partial charge >= 0.3 is 6.18 Å². The number of hydrogen-bond acceptors (Lipinski definition) is 5. The van der Waals surface area contributed by atoms with E-state index in [0.29, 0.717) is 12.4 Å². The lowest BCUT2D eigenvalue weighted by Gasteiger charge is -2.16. The zero-order valence-electron chi connectivity index (χ0n) is 15.1. The summed E-state index contributed by atoms with van der Waals surface area (Å²) in [6.07, 6.45) is 4.68. The Morgan fingerprint density at radius 1 is 1.14 bits per heavy atom. The maximum atomic E-state index is 12.9. The maximum Gasteiger partial charge on any atom is 0.416 e. The number of benzene rings is 1. The van der Waals surface area contributed by atoms with E-state index in [9.17, 15) is 13.2 Å². The second kappa shape index (κ2) is 8.68. The Morgan fingerprint density at radius 3 is 2.64 bits per heavy atom. The molecular weight excluding hydrogens is 391 g/mol. The van der Waals surface area contributed by atoms with Crippen LogP contribution in [0.1, 0.15) is 37.7 Å². The van der Waals surface area contributed by atoms with Crippen molar-refractivity contribution in [2.24, 2.45) is 0 Å². The van der Waals surface area contributed by atoms with E-state index < -0.39 is 11.7 Å². The predicted molar refractivity (Wildman–Crippen MR) is 106 cm³/mol. The van der Waals surface area contributed by atoms with Crippen LogP contribution in [-0.2, 0) is 6.18 Å². The molecule has 1 aromatic carbocycles. The first-order valence-corrected chi connectivity index (χ1v) is 9.38. The lowest BCUT2D eigenvalue weighted by Crippen LogP contribution is -2.10. The molecule has 0 unspecified atom stereocenters. The summed E-state index contributed by atoms with van der Waals surface area (Å²) in [5.74, 6) is 0.618. The number of halogens is 4. The third kappa shape index (κ3) is 5.07. The molecule has 4 N–H and O–H groups in total. The van der Waals surface area contributed by atoms with Crippen LogP contribution in [0.3, 0.4) is 0 Å². The smallest absolute Gasteiger partial charge is 0.393 e. The predicted octanol–water partition coefficient (Wildman–Crippen LogP) is 5.78. The first-order chi connectivity index (χ1) is 13.3. The molecular formula is C19H21ClF3N5. The second-order valence-electron chi connectivity index (χ2n) is 6.59. The zero-order chi connectivity index (χ0) is 20.1. The van der Waals surface area contributed by atoms with Gasteiger partial charge in [-0.1, -0.05) is 23.3 Å². The molecule has 0 atom stereocenters. The minimum Gasteiger partial charge on any atom is -0.393 e. The van der Waals surface area contributed by atoms with E-state index in [4.69, 9.17) is 17.3 Å². The zero-order valence-corrected chi connectivity index (χ0v) is 15.9. The average Bonchev–Trinajstić information content (AvgIpc) is 2.66.